The smallest absolute Gasteiger partial charge is 0.264 e. The Morgan fingerprint density at radius 1 is 1.38 bits per heavy atom. The fourth-order valence-corrected chi connectivity index (χ4v) is 0.421. The van der Waals surface area contributed by atoms with E-state index < -0.39 is 0 Å². The van der Waals surface area contributed by atoms with Crippen LogP contribution in [0.2, 0.25) is 0 Å². The molecule has 0 radical (unpaired) electrons. The Kier molecular flexibility index (Phi) is 11.4. The molecule has 0 spiro atoms. The Bertz CT molecular complexity index is 250. The predicted octanol–water partition coefficient (Wildman–Crippen LogP) is 0.217. The highest BCUT2D eigenvalue weighted by molar-refractivity contribution is 5.70. The number of aliphatic hydroxyl groups excluding tert-OH is 1. The van der Waals surface area contributed by atoms with Crippen LogP contribution in [0, 0.1) is 0 Å². The molecule has 0 aliphatic rings. The largest absolute Gasteiger partial charge is 0.400 e. The first kappa shape index (κ1) is 14.1. The number of aliphatic hydroxyl groups is 1. The molecule has 0 fully saturated rings. The summed E-state index contributed by atoms with van der Waals surface area (Å²) in [6.07, 6.45) is 0.565. The van der Waals surface area contributed by atoms with Crippen LogP contribution in [0.5, 0.6) is 0 Å². The van der Waals surface area contributed by atoms with Gasteiger partial charge in [-0.15, -0.1) is 0 Å². The van der Waals surface area contributed by atoms with Crippen molar-refractivity contribution in [2.24, 2.45) is 0 Å². The number of aromatic amines is 1. The van der Waals surface area contributed by atoms with Gasteiger partial charge in [-0.1, -0.05) is 13.8 Å². The molecule has 0 bridgehead atoms. The van der Waals surface area contributed by atoms with Crippen molar-refractivity contribution in [2.45, 2.75) is 13.8 Å². The molecule has 0 saturated carbocycles. The van der Waals surface area contributed by atoms with E-state index in [0.717, 1.165) is 7.11 Å². The van der Waals surface area contributed by atoms with Gasteiger partial charge in [-0.05, 0) is 6.07 Å². The van der Waals surface area contributed by atoms with Crippen molar-refractivity contribution in [3.8, 4) is 0 Å². The second-order valence-electron chi connectivity index (χ2n) is 1.46. The standard InChI is InChI=1S/C5H4N2O2.C2H6.CH4O/c8-3-4-1-2-5(9)7-6-4;2*1-2/h1-3H,(H,7,9);1-2H3;2H,1H3. The summed E-state index contributed by atoms with van der Waals surface area (Å²) in [5, 5.41) is 12.5. The van der Waals surface area contributed by atoms with Crippen molar-refractivity contribution in [1.29, 1.82) is 0 Å². The number of nitrogens with zero attached hydrogens (tertiary/aromatic N) is 1. The van der Waals surface area contributed by atoms with Crippen molar-refractivity contribution < 1.29 is 9.90 Å². The molecular formula is C8H14N2O3. The van der Waals surface area contributed by atoms with E-state index >= 15 is 0 Å². The van der Waals surface area contributed by atoms with E-state index in [1.54, 1.807) is 0 Å². The van der Waals surface area contributed by atoms with Gasteiger partial charge >= 0.3 is 0 Å². The number of carbonyl (C=O) groups is 1. The van der Waals surface area contributed by atoms with Gasteiger partial charge in [0.15, 0.2) is 6.29 Å². The molecule has 0 saturated heterocycles. The molecule has 1 aromatic rings. The molecule has 0 unspecified atom stereocenters. The summed E-state index contributed by atoms with van der Waals surface area (Å²) < 4.78 is 0. The summed E-state index contributed by atoms with van der Waals surface area (Å²) in [6, 6.07) is 2.60. The van der Waals surface area contributed by atoms with Gasteiger partial charge in [-0.3, -0.25) is 9.59 Å². The molecule has 0 aromatic carbocycles. The van der Waals surface area contributed by atoms with Gasteiger partial charge in [0.05, 0.1) is 0 Å². The van der Waals surface area contributed by atoms with E-state index in [1.807, 2.05) is 13.8 Å². The zero-order valence-corrected chi connectivity index (χ0v) is 7.94. The third-order valence-electron chi connectivity index (χ3n) is 0.821. The van der Waals surface area contributed by atoms with Crippen LogP contribution in [0.1, 0.15) is 24.3 Å². The molecule has 1 aromatic heterocycles. The molecule has 1 heterocycles. The maximum absolute atomic E-state index is 10.3. The van der Waals surface area contributed by atoms with Gasteiger partial charge in [0.2, 0.25) is 0 Å². The molecule has 2 N–H and O–H groups in total. The highest BCUT2D eigenvalue weighted by Gasteiger charge is 1.86. The first-order chi connectivity index (χ1) is 6.33. The summed E-state index contributed by atoms with van der Waals surface area (Å²) in [7, 11) is 1.00. The maximum Gasteiger partial charge on any atom is 0.264 e. The monoisotopic (exact) mass is 186 g/mol. The molecule has 0 aliphatic heterocycles. The van der Waals surface area contributed by atoms with Crippen LogP contribution >= 0.6 is 0 Å². The quantitative estimate of drug-likeness (QED) is 0.614. The van der Waals surface area contributed by atoms with Gasteiger partial charge in [0.25, 0.3) is 5.56 Å². The normalized spacial score (nSPS) is 7.08. The number of hydrogen-bond donors (Lipinski definition) is 2. The van der Waals surface area contributed by atoms with Crippen molar-refractivity contribution in [3.05, 3.63) is 28.2 Å². The van der Waals surface area contributed by atoms with Crippen molar-refractivity contribution >= 4 is 6.29 Å². The van der Waals surface area contributed by atoms with Crippen LogP contribution < -0.4 is 5.56 Å². The number of H-pyrrole nitrogens is 1. The second-order valence-corrected chi connectivity index (χ2v) is 1.46. The van der Waals surface area contributed by atoms with Gasteiger partial charge < -0.3 is 5.11 Å². The number of nitrogens with one attached hydrogen (secondary N) is 1. The second kappa shape index (κ2) is 10.5. The van der Waals surface area contributed by atoms with E-state index in [2.05, 4.69) is 10.2 Å². The van der Waals surface area contributed by atoms with Gasteiger partial charge in [0.1, 0.15) is 5.69 Å². The minimum atomic E-state index is -0.305. The third kappa shape index (κ3) is 6.89. The average molecular weight is 186 g/mol. The first-order valence-corrected chi connectivity index (χ1v) is 3.78. The summed E-state index contributed by atoms with van der Waals surface area (Å²) in [4.78, 5) is 20.2. The lowest BCUT2D eigenvalue weighted by Crippen LogP contribution is -2.06. The van der Waals surface area contributed by atoms with E-state index in [0.29, 0.717) is 6.29 Å². The van der Waals surface area contributed by atoms with Crippen LogP contribution in [0.3, 0.4) is 0 Å². The lowest BCUT2D eigenvalue weighted by molar-refractivity contribution is 0.111. The molecule has 0 atom stereocenters. The third-order valence-corrected chi connectivity index (χ3v) is 0.821. The average Bonchev–Trinajstić information content (AvgIpc) is 2.25. The lowest BCUT2D eigenvalue weighted by Gasteiger charge is -1.82. The summed E-state index contributed by atoms with van der Waals surface area (Å²) >= 11 is 0. The molecule has 1 rings (SSSR count). The molecule has 5 nitrogen and oxygen atoms in total. The Morgan fingerprint density at radius 3 is 2.23 bits per heavy atom. The van der Waals surface area contributed by atoms with Crippen LogP contribution in [-0.2, 0) is 0 Å². The SMILES string of the molecule is CC.CO.O=Cc1ccc(=O)[nH]n1. The molecule has 5 heteroatoms. The fraction of sp³-hybridized carbons (Fsp3) is 0.375. The summed E-state index contributed by atoms with van der Waals surface area (Å²) in [5.41, 5.74) is -0.0739. The highest BCUT2D eigenvalue weighted by Crippen LogP contribution is 1.78. The van der Waals surface area contributed by atoms with Gasteiger partial charge in [-0.25, -0.2) is 5.10 Å². The van der Waals surface area contributed by atoms with E-state index in [9.17, 15) is 9.59 Å². The van der Waals surface area contributed by atoms with Crippen molar-refractivity contribution in [3.63, 3.8) is 0 Å². The zero-order chi connectivity index (χ0) is 10.7. The number of hydrogen-bond acceptors (Lipinski definition) is 4. The Hall–Kier alpha value is -1.49. The highest BCUT2D eigenvalue weighted by atomic mass is 16.2. The van der Waals surface area contributed by atoms with Crippen LogP contribution in [0.4, 0.5) is 0 Å². The topological polar surface area (TPSA) is 83.0 Å². The molecule has 13 heavy (non-hydrogen) atoms. The Labute approximate surface area is 76.4 Å². The first-order valence-electron chi connectivity index (χ1n) is 3.78. The fourth-order valence-electron chi connectivity index (χ4n) is 0.421. The minimum Gasteiger partial charge on any atom is -0.400 e. The minimum absolute atomic E-state index is 0.231. The molecular weight excluding hydrogens is 172 g/mol. The summed E-state index contributed by atoms with van der Waals surface area (Å²) in [5.74, 6) is 0. The van der Waals surface area contributed by atoms with Gasteiger partial charge in [0, 0.05) is 13.2 Å². The molecule has 0 aliphatic carbocycles. The van der Waals surface area contributed by atoms with Crippen molar-refractivity contribution in [1.82, 2.24) is 10.2 Å². The number of carbonyl (C=O) groups excluding carboxylic acids is 1. The Morgan fingerprint density at radius 2 is 1.92 bits per heavy atom. The summed E-state index contributed by atoms with van der Waals surface area (Å²) in [6.45, 7) is 4.00. The maximum atomic E-state index is 10.3. The number of aromatic nitrogens is 2. The predicted molar refractivity (Wildman–Crippen MR) is 49.7 cm³/mol. The number of rotatable bonds is 1. The zero-order valence-electron chi connectivity index (χ0n) is 7.94. The number of aldehydes is 1. The van der Waals surface area contributed by atoms with Crippen molar-refractivity contribution in [2.75, 3.05) is 7.11 Å². The Balaban J connectivity index is 0. The van der Waals surface area contributed by atoms with E-state index in [1.165, 1.54) is 12.1 Å². The van der Waals surface area contributed by atoms with Gasteiger partial charge in [-0.2, -0.15) is 5.10 Å². The van der Waals surface area contributed by atoms with E-state index in [-0.39, 0.29) is 11.3 Å². The van der Waals surface area contributed by atoms with E-state index in [4.69, 9.17) is 5.11 Å². The van der Waals surface area contributed by atoms with Crippen LogP contribution in [0.25, 0.3) is 0 Å². The van der Waals surface area contributed by atoms with Crippen LogP contribution in [-0.4, -0.2) is 28.7 Å². The molecule has 0 amide bonds. The lowest BCUT2D eigenvalue weighted by atomic mass is 10.4. The van der Waals surface area contributed by atoms with Crippen LogP contribution in [0.15, 0.2) is 16.9 Å². The molecule has 74 valence electrons.